The number of rotatable bonds is 4. The summed E-state index contributed by atoms with van der Waals surface area (Å²) in [6.07, 6.45) is 4.81. The van der Waals surface area contributed by atoms with Gasteiger partial charge in [-0.25, -0.2) is 4.79 Å². The molecule has 1 atom stereocenters. The van der Waals surface area contributed by atoms with E-state index < -0.39 is 11.7 Å². The smallest absolute Gasteiger partial charge is 0.407 e. The van der Waals surface area contributed by atoms with Crippen LogP contribution >= 0.6 is 0 Å². The molecule has 0 bridgehead atoms. The molecule has 1 N–H and O–H groups in total. The van der Waals surface area contributed by atoms with Gasteiger partial charge in [0, 0.05) is 12.6 Å². The van der Waals surface area contributed by atoms with Gasteiger partial charge in [-0.3, -0.25) is 4.90 Å². The molecule has 16 heavy (non-hydrogen) atoms. The molecular formula is C12H22N2O2. The Balaban J connectivity index is 3.89. The molecule has 0 aromatic carbocycles. The zero-order chi connectivity index (χ0) is 12.8. The lowest BCUT2D eigenvalue weighted by molar-refractivity contribution is 0.0515. The Labute approximate surface area is 98.3 Å². The number of terminal acetylenes is 1. The van der Waals surface area contributed by atoms with Crippen molar-refractivity contribution in [1.82, 2.24) is 10.2 Å². The minimum absolute atomic E-state index is 0.184. The molecule has 0 unspecified atom stereocenters. The van der Waals surface area contributed by atoms with E-state index >= 15 is 0 Å². The van der Waals surface area contributed by atoms with E-state index in [-0.39, 0.29) is 6.04 Å². The average molecular weight is 226 g/mol. The van der Waals surface area contributed by atoms with E-state index in [0.717, 1.165) is 0 Å². The molecule has 92 valence electrons. The fourth-order valence-electron chi connectivity index (χ4n) is 1.00. The van der Waals surface area contributed by atoms with Gasteiger partial charge in [0.05, 0.1) is 6.54 Å². The highest BCUT2D eigenvalue weighted by molar-refractivity contribution is 5.67. The molecule has 0 spiro atoms. The summed E-state index contributed by atoms with van der Waals surface area (Å²) in [5.74, 6) is 2.56. The summed E-state index contributed by atoms with van der Waals surface area (Å²) in [5.41, 5.74) is -0.460. The largest absolute Gasteiger partial charge is 0.444 e. The van der Waals surface area contributed by atoms with Crippen LogP contribution in [0.1, 0.15) is 27.7 Å². The van der Waals surface area contributed by atoms with Crippen LogP contribution < -0.4 is 5.32 Å². The minimum atomic E-state index is -0.460. The minimum Gasteiger partial charge on any atom is -0.444 e. The van der Waals surface area contributed by atoms with Crippen molar-refractivity contribution in [3.05, 3.63) is 0 Å². The van der Waals surface area contributed by atoms with Gasteiger partial charge in [-0.05, 0) is 34.7 Å². The maximum Gasteiger partial charge on any atom is 0.407 e. The number of amides is 1. The average Bonchev–Trinajstić information content (AvgIpc) is 2.11. The predicted molar refractivity (Wildman–Crippen MR) is 65.2 cm³/mol. The lowest BCUT2D eigenvalue weighted by atomic mass is 10.2. The molecule has 0 rings (SSSR count). The topological polar surface area (TPSA) is 41.6 Å². The number of likely N-dealkylation sites (N-methyl/N-ethyl adjacent to an activating group) is 1. The molecule has 0 radical (unpaired) electrons. The van der Waals surface area contributed by atoms with Gasteiger partial charge in [-0.2, -0.15) is 0 Å². The highest BCUT2D eigenvalue weighted by atomic mass is 16.6. The van der Waals surface area contributed by atoms with E-state index in [1.807, 2.05) is 39.6 Å². The molecule has 4 nitrogen and oxygen atoms in total. The summed E-state index contributed by atoms with van der Waals surface area (Å²) < 4.78 is 5.12. The Morgan fingerprint density at radius 3 is 2.56 bits per heavy atom. The summed E-state index contributed by atoms with van der Waals surface area (Å²) in [4.78, 5) is 13.3. The summed E-state index contributed by atoms with van der Waals surface area (Å²) >= 11 is 0. The third kappa shape index (κ3) is 7.13. The maximum atomic E-state index is 11.4. The Bertz CT molecular complexity index is 263. The third-order valence-electron chi connectivity index (χ3n) is 2.03. The van der Waals surface area contributed by atoms with E-state index in [4.69, 9.17) is 11.2 Å². The van der Waals surface area contributed by atoms with Gasteiger partial charge >= 0.3 is 6.09 Å². The second-order valence-corrected chi connectivity index (χ2v) is 4.85. The van der Waals surface area contributed by atoms with Crippen molar-refractivity contribution in [1.29, 1.82) is 0 Å². The van der Waals surface area contributed by atoms with Gasteiger partial charge < -0.3 is 10.1 Å². The van der Waals surface area contributed by atoms with Crippen molar-refractivity contribution in [3.63, 3.8) is 0 Å². The van der Waals surface area contributed by atoms with Crippen LogP contribution in [0.4, 0.5) is 4.79 Å². The quantitative estimate of drug-likeness (QED) is 0.738. The van der Waals surface area contributed by atoms with Crippen LogP contribution in [0.3, 0.4) is 0 Å². The number of alkyl carbamates (subject to hydrolysis) is 1. The summed E-state index contributed by atoms with van der Waals surface area (Å²) in [6, 6.07) is 0.184. The van der Waals surface area contributed by atoms with E-state index in [0.29, 0.717) is 13.1 Å². The van der Waals surface area contributed by atoms with Crippen LogP contribution in [0.5, 0.6) is 0 Å². The Morgan fingerprint density at radius 2 is 2.12 bits per heavy atom. The van der Waals surface area contributed by atoms with Crippen molar-refractivity contribution in [3.8, 4) is 12.3 Å². The summed E-state index contributed by atoms with van der Waals surface area (Å²) in [6.45, 7) is 8.58. The monoisotopic (exact) mass is 226 g/mol. The first kappa shape index (κ1) is 14.8. The van der Waals surface area contributed by atoms with Crippen molar-refractivity contribution in [2.45, 2.75) is 39.3 Å². The molecular weight excluding hydrogens is 204 g/mol. The van der Waals surface area contributed by atoms with Crippen molar-refractivity contribution in [2.24, 2.45) is 0 Å². The van der Waals surface area contributed by atoms with E-state index in [9.17, 15) is 4.79 Å². The molecule has 1 amide bonds. The molecule has 4 heteroatoms. The first-order valence-corrected chi connectivity index (χ1v) is 5.37. The molecule has 0 saturated carbocycles. The van der Waals surface area contributed by atoms with Crippen LogP contribution in [0.25, 0.3) is 0 Å². The van der Waals surface area contributed by atoms with Crippen molar-refractivity contribution < 1.29 is 9.53 Å². The van der Waals surface area contributed by atoms with Crippen LogP contribution in [-0.4, -0.2) is 42.8 Å². The zero-order valence-electron chi connectivity index (χ0n) is 10.8. The van der Waals surface area contributed by atoms with Gasteiger partial charge in [0.25, 0.3) is 0 Å². The van der Waals surface area contributed by atoms with Gasteiger partial charge in [0.1, 0.15) is 5.60 Å². The van der Waals surface area contributed by atoms with E-state index in [1.165, 1.54) is 0 Å². The number of ether oxygens (including phenoxy) is 1. The molecule has 0 aliphatic carbocycles. The van der Waals surface area contributed by atoms with Crippen LogP contribution in [-0.2, 0) is 4.74 Å². The Hall–Kier alpha value is -1.21. The molecule has 0 fully saturated rings. The lowest BCUT2D eigenvalue weighted by Crippen LogP contribution is -2.42. The second kappa shape index (κ2) is 6.39. The summed E-state index contributed by atoms with van der Waals surface area (Å²) in [7, 11) is 1.92. The molecule has 0 aliphatic rings. The first-order chi connectivity index (χ1) is 7.26. The van der Waals surface area contributed by atoms with Crippen LogP contribution in [0.15, 0.2) is 0 Å². The number of carbonyl (C=O) groups excluding carboxylic acids is 1. The molecule has 0 aromatic heterocycles. The van der Waals surface area contributed by atoms with Crippen LogP contribution in [0.2, 0.25) is 0 Å². The SMILES string of the molecule is C#CCN(C)[C@@H](C)CNC(=O)OC(C)(C)C. The molecule has 0 saturated heterocycles. The van der Waals surface area contributed by atoms with Gasteiger partial charge in [-0.15, -0.1) is 6.42 Å². The normalized spacial score (nSPS) is 13.1. The molecule has 0 heterocycles. The molecule has 0 aliphatic heterocycles. The molecule has 0 aromatic rings. The number of carbonyl (C=O) groups is 1. The highest BCUT2D eigenvalue weighted by Gasteiger charge is 2.17. The fraction of sp³-hybridized carbons (Fsp3) is 0.750. The van der Waals surface area contributed by atoms with E-state index in [1.54, 1.807) is 0 Å². The lowest BCUT2D eigenvalue weighted by Gasteiger charge is -2.24. The maximum absolute atomic E-state index is 11.4. The first-order valence-electron chi connectivity index (χ1n) is 5.37. The van der Waals surface area contributed by atoms with Gasteiger partial charge in [0.2, 0.25) is 0 Å². The number of nitrogens with one attached hydrogen (secondary N) is 1. The van der Waals surface area contributed by atoms with Gasteiger partial charge in [-0.1, -0.05) is 5.92 Å². The number of hydrogen-bond acceptors (Lipinski definition) is 3. The van der Waals surface area contributed by atoms with Crippen LogP contribution in [0, 0.1) is 12.3 Å². The van der Waals surface area contributed by atoms with E-state index in [2.05, 4.69) is 11.2 Å². The van der Waals surface area contributed by atoms with Gasteiger partial charge in [0.15, 0.2) is 0 Å². The fourth-order valence-corrected chi connectivity index (χ4v) is 1.00. The Kier molecular flexibility index (Phi) is 5.91. The second-order valence-electron chi connectivity index (χ2n) is 4.85. The van der Waals surface area contributed by atoms with Crippen molar-refractivity contribution in [2.75, 3.05) is 20.1 Å². The summed E-state index contributed by atoms with van der Waals surface area (Å²) in [5, 5.41) is 2.71. The Morgan fingerprint density at radius 1 is 1.56 bits per heavy atom. The number of nitrogens with zero attached hydrogens (tertiary/aromatic N) is 1. The highest BCUT2D eigenvalue weighted by Crippen LogP contribution is 2.06. The third-order valence-corrected chi connectivity index (χ3v) is 2.03. The van der Waals surface area contributed by atoms with Crippen molar-refractivity contribution >= 4 is 6.09 Å². The predicted octanol–water partition coefficient (Wildman–Crippen LogP) is 1.46. The number of hydrogen-bond donors (Lipinski definition) is 1. The standard InChI is InChI=1S/C12H22N2O2/c1-7-8-14(6)10(2)9-13-11(15)16-12(3,4)5/h1,10H,8-9H2,2-6H3,(H,13,15)/t10-/m0/s1. The zero-order valence-corrected chi connectivity index (χ0v) is 10.8.